The van der Waals surface area contributed by atoms with Crippen LogP contribution in [0.15, 0.2) is 108 Å². The predicted octanol–water partition coefficient (Wildman–Crippen LogP) is 9.50. The molecule has 4 unspecified atom stereocenters. The summed E-state index contributed by atoms with van der Waals surface area (Å²) in [4.78, 5) is 61.1. The van der Waals surface area contributed by atoms with Crippen molar-refractivity contribution in [1.29, 1.82) is 0 Å². The van der Waals surface area contributed by atoms with Crippen LogP contribution >= 0.6 is 0 Å². The number of nitrogens with zero attached hydrogens (tertiary/aromatic N) is 1. The Morgan fingerprint density at radius 1 is 0.644 bits per heavy atom. The molecule has 4 bridgehead atoms. The zero-order chi connectivity index (χ0) is 42.4. The summed E-state index contributed by atoms with van der Waals surface area (Å²) in [6, 6.07) is 27.9. The van der Waals surface area contributed by atoms with Crippen molar-refractivity contribution in [3.05, 3.63) is 108 Å². The number of hydrogen-bond acceptors (Lipinski definition) is 7. The molecular formula is C50H56N2O7. The Balaban J connectivity index is 0.000000140. The third-order valence-corrected chi connectivity index (χ3v) is 13.9. The zero-order valence-corrected chi connectivity index (χ0v) is 35.0. The second-order valence-corrected chi connectivity index (χ2v) is 17.9. The number of benzene rings is 4. The van der Waals surface area contributed by atoms with Crippen LogP contribution in [0.25, 0.3) is 21.5 Å². The van der Waals surface area contributed by atoms with Gasteiger partial charge in [-0.25, -0.2) is 4.90 Å². The van der Waals surface area contributed by atoms with Crippen molar-refractivity contribution in [2.45, 2.75) is 61.3 Å². The first-order valence-electron chi connectivity index (χ1n) is 21.0. The number of cyclic esters (lactones) is 2. The molecule has 4 fully saturated rings. The fourth-order valence-corrected chi connectivity index (χ4v) is 11.2. The summed E-state index contributed by atoms with van der Waals surface area (Å²) < 4.78 is 4.85. The molecule has 8 aliphatic rings. The van der Waals surface area contributed by atoms with Crippen LogP contribution in [0, 0.1) is 71.0 Å². The molecule has 9 nitrogen and oxygen atoms in total. The van der Waals surface area contributed by atoms with E-state index in [1.807, 2.05) is 72.8 Å². The minimum Gasteiger partial charge on any atom is -0.481 e. The normalized spacial score (nSPS) is 29.7. The van der Waals surface area contributed by atoms with Gasteiger partial charge in [0.25, 0.3) is 5.97 Å². The molecule has 6 aliphatic carbocycles. The Morgan fingerprint density at radius 2 is 1.08 bits per heavy atom. The van der Waals surface area contributed by atoms with Crippen molar-refractivity contribution in [3.63, 3.8) is 0 Å². The summed E-state index contributed by atoms with van der Waals surface area (Å²) in [5, 5.41) is 11.8. The number of aliphatic carboxylic acids is 1. The number of hydrogen-bond donors (Lipinski definition) is 2. The molecule has 308 valence electrons. The number of nitrogen functional groups attached to an aromatic ring is 1. The molecule has 0 radical (unpaired) electrons. The molecule has 2 amide bonds. The van der Waals surface area contributed by atoms with E-state index in [1.54, 1.807) is 0 Å². The molecule has 9 heteroatoms. The Kier molecular flexibility index (Phi) is 11.7. The van der Waals surface area contributed by atoms with Gasteiger partial charge >= 0.3 is 11.9 Å². The van der Waals surface area contributed by atoms with E-state index in [4.69, 9.17) is 20.4 Å². The van der Waals surface area contributed by atoms with E-state index >= 15 is 0 Å². The van der Waals surface area contributed by atoms with E-state index in [0.717, 1.165) is 47.3 Å². The average Bonchev–Trinajstić information content (AvgIpc) is 3.66. The molecule has 12 rings (SSSR count). The number of imide groups is 1. The highest BCUT2D eigenvalue weighted by Crippen LogP contribution is 2.58. The number of amides is 2. The highest BCUT2D eigenvalue weighted by molar-refractivity contribution is 6.25. The van der Waals surface area contributed by atoms with Crippen LogP contribution in [-0.2, 0) is 28.7 Å². The average molecular weight is 797 g/mol. The number of carboxylic acid groups (broad SMARTS) is 1. The Labute approximate surface area is 346 Å². The van der Waals surface area contributed by atoms with Crippen molar-refractivity contribution in [3.8, 4) is 0 Å². The van der Waals surface area contributed by atoms with Crippen LogP contribution in [-0.4, -0.2) is 34.8 Å². The molecule has 59 heavy (non-hydrogen) atoms. The number of esters is 2. The van der Waals surface area contributed by atoms with Crippen LogP contribution in [0.3, 0.4) is 0 Å². The quantitative estimate of drug-likeness (QED) is 0.0686. The Bertz CT molecular complexity index is 2360. The van der Waals surface area contributed by atoms with Crippen molar-refractivity contribution in [2.75, 3.05) is 10.6 Å². The maximum absolute atomic E-state index is 13.5. The van der Waals surface area contributed by atoms with Gasteiger partial charge in [-0.05, 0) is 96.9 Å². The molecular weight excluding hydrogens is 741 g/mol. The summed E-state index contributed by atoms with van der Waals surface area (Å²) in [5.74, 6) is 0.782. The molecule has 2 saturated heterocycles. The van der Waals surface area contributed by atoms with Crippen molar-refractivity contribution >= 4 is 62.6 Å². The minimum atomic E-state index is -0.833. The van der Waals surface area contributed by atoms with Gasteiger partial charge in [0.15, 0.2) is 0 Å². The van der Waals surface area contributed by atoms with E-state index < -0.39 is 5.97 Å². The Morgan fingerprint density at radius 3 is 1.64 bits per heavy atom. The van der Waals surface area contributed by atoms with Crippen LogP contribution in [0.4, 0.5) is 11.4 Å². The lowest BCUT2D eigenvalue weighted by Crippen LogP contribution is -2.46. The number of rotatable bonds is 3. The lowest BCUT2D eigenvalue weighted by Gasteiger charge is -2.48. The highest BCUT2D eigenvalue weighted by Gasteiger charge is 2.61. The third-order valence-electron chi connectivity index (χ3n) is 13.9. The molecule has 2 saturated carbocycles. The van der Waals surface area contributed by atoms with Crippen molar-refractivity contribution < 1.29 is 33.8 Å². The van der Waals surface area contributed by atoms with Gasteiger partial charge < -0.3 is 15.6 Å². The molecule has 2 aliphatic heterocycles. The first kappa shape index (κ1) is 41.6. The summed E-state index contributed by atoms with van der Waals surface area (Å²) in [6.45, 7) is 14.2. The maximum atomic E-state index is 13.5. The zero-order valence-electron chi connectivity index (χ0n) is 35.0. The van der Waals surface area contributed by atoms with Crippen molar-refractivity contribution in [1.82, 2.24) is 0 Å². The van der Waals surface area contributed by atoms with E-state index in [1.165, 1.54) is 21.4 Å². The van der Waals surface area contributed by atoms with Gasteiger partial charge in [0, 0.05) is 23.4 Å². The first-order valence-corrected chi connectivity index (χ1v) is 21.0. The fourth-order valence-electron chi connectivity index (χ4n) is 11.2. The van der Waals surface area contributed by atoms with Crippen molar-refractivity contribution in [2.24, 2.45) is 71.0 Å². The first-order chi connectivity index (χ1) is 28.1. The molecule has 3 N–H and O–H groups in total. The van der Waals surface area contributed by atoms with E-state index in [-0.39, 0.29) is 71.1 Å². The van der Waals surface area contributed by atoms with Crippen LogP contribution in [0.1, 0.15) is 61.3 Å². The largest absolute Gasteiger partial charge is 0.481 e. The smallest absolute Gasteiger partial charge is 0.318 e. The molecule has 4 aromatic rings. The number of ether oxygens (including phenoxy) is 1. The summed E-state index contributed by atoms with van der Waals surface area (Å²) in [7, 11) is 0. The SMILES string of the molecule is CC(=O)O.CC1=CC2[C@H](C(C)C)CC1[C@H]1C(=O)N(c3cccc4ccccc34)C(=O)[C@@H]21.CC1=CC2[C@H](C(C)C)CC1[C@H]1C(=O)OC(=O)[C@@H]21.Nc1cccc2ccccc12. The number of allylic oxidation sites excluding steroid dienone is 4. The van der Waals surface area contributed by atoms with Gasteiger partial charge in [0.2, 0.25) is 11.8 Å². The number of fused-ring (bicyclic) bond motifs is 4. The van der Waals surface area contributed by atoms with Gasteiger partial charge in [0.05, 0.1) is 29.4 Å². The fraction of sp³-hybridized carbons (Fsp3) is 0.420. The number of nitrogens with two attached hydrogens (primary N) is 1. The van der Waals surface area contributed by atoms with Gasteiger partial charge in [-0.3, -0.25) is 24.0 Å². The number of carbonyl (C=O) groups excluding carboxylic acids is 4. The molecule has 4 aromatic carbocycles. The van der Waals surface area contributed by atoms with E-state index in [9.17, 15) is 19.2 Å². The van der Waals surface area contributed by atoms with E-state index in [0.29, 0.717) is 23.7 Å². The van der Waals surface area contributed by atoms with Gasteiger partial charge in [-0.15, -0.1) is 0 Å². The Hall–Kier alpha value is -5.57. The standard InChI is InChI=1S/C24H25NO2.C14H18O3.C10H9N.C2H4O2/c1-13(2)17-12-18-14(3)11-19(17)22-21(18)23(26)25(24(22)27)20-10-6-8-15-7-4-5-9-16(15)20;1-6(2)8-5-9-7(3)4-10(8)12-11(9)13(15)17-14(12)16;11-10-7-3-5-8-4-1-2-6-9(8)10;1-2(3)4/h4-11,13,17-19,21-22H,12H2,1-3H3;4,6,8-12H,5H2,1-3H3;1-7H,11H2;1H3,(H,3,4)/t17-,18?,19?,21+,22-;8-,9?,10?,11+,12-;;/m00../s1. The summed E-state index contributed by atoms with van der Waals surface area (Å²) in [5.41, 5.74) is 9.93. The molecule has 10 atom stereocenters. The van der Waals surface area contributed by atoms with Gasteiger partial charge in [-0.1, -0.05) is 124 Å². The number of carboxylic acids is 1. The maximum Gasteiger partial charge on any atom is 0.318 e. The second-order valence-electron chi connectivity index (χ2n) is 17.9. The van der Waals surface area contributed by atoms with E-state index in [2.05, 4.69) is 65.8 Å². The van der Waals surface area contributed by atoms with Gasteiger partial charge in [-0.2, -0.15) is 0 Å². The van der Waals surface area contributed by atoms with Crippen LogP contribution in [0.5, 0.6) is 0 Å². The minimum absolute atomic E-state index is 0.00505. The topological polar surface area (TPSA) is 144 Å². The molecule has 0 aromatic heterocycles. The third kappa shape index (κ3) is 7.60. The molecule has 0 spiro atoms. The monoisotopic (exact) mass is 796 g/mol. The summed E-state index contributed by atoms with van der Waals surface area (Å²) in [6.07, 6.45) is 6.60. The van der Waals surface area contributed by atoms with Crippen LogP contribution in [0.2, 0.25) is 0 Å². The highest BCUT2D eigenvalue weighted by atomic mass is 16.6. The lowest BCUT2D eigenvalue weighted by atomic mass is 9.54. The van der Waals surface area contributed by atoms with Crippen LogP contribution < -0.4 is 10.6 Å². The second kappa shape index (κ2) is 16.6. The number of anilines is 2. The lowest BCUT2D eigenvalue weighted by molar-refractivity contribution is -0.154. The number of carbonyl (C=O) groups is 5. The summed E-state index contributed by atoms with van der Waals surface area (Å²) >= 11 is 0. The molecule has 2 heterocycles. The van der Waals surface area contributed by atoms with Gasteiger partial charge in [0.1, 0.15) is 0 Å². The predicted molar refractivity (Wildman–Crippen MR) is 231 cm³/mol.